The van der Waals surface area contributed by atoms with Crippen LogP contribution in [-0.4, -0.2) is 22.9 Å². The van der Waals surface area contributed by atoms with Gasteiger partial charge in [-0.3, -0.25) is 4.79 Å². The van der Waals surface area contributed by atoms with Crippen LogP contribution in [0.15, 0.2) is 65.4 Å². The van der Waals surface area contributed by atoms with E-state index in [0.29, 0.717) is 11.5 Å². The van der Waals surface area contributed by atoms with Crippen LogP contribution in [0.2, 0.25) is 0 Å². The third-order valence-corrected chi connectivity index (χ3v) is 4.63. The summed E-state index contributed by atoms with van der Waals surface area (Å²) in [5.41, 5.74) is 3.27. The Morgan fingerprint density at radius 2 is 1.76 bits per heavy atom. The molecule has 0 saturated carbocycles. The van der Waals surface area contributed by atoms with Crippen LogP contribution in [0.25, 0.3) is 0 Å². The second-order valence-electron chi connectivity index (χ2n) is 5.58. The number of hydrogen-bond donors (Lipinski definition) is 1. The number of aromatic nitrogens is 2. The minimum atomic E-state index is -0.157. The summed E-state index contributed by atoms with van der Waals surface area (Å²) in [6.07, 6.45) is 3.06. The van der Waals surface area contributed by atoms with Gasteiger partial charge in [0, 0.05) is 35.3 Å². The van der Waals surface area contributed by atoms with E-state index in [4.69, 9.17) is 0 Å². The minimum absolute atomic E-state index is 0.157. The summed E-state index contributed by atoms with van der Waals surface area (Å²) in [6, 6.07) is 15.4. The molecular weight excluding hydrogens is 380 g/mol. The topological polar surface area (TPSA) is 58.1 Å². The van der Waals surface area contributed by atoms with Gasteiger partial charge in [-0.1, -0.05) is 40.2 Å². The Morgan fingerprint density at radius 1 is 1.08 bits per heavy atom. The molecule has 3 rings (SSSR count). The molecule has 0 aliphatic rings. The van der Waals surface area contributed by atoms with E-state index < -0.39 is 0 Å². The molecule has 3 aromatic rings. The lowest BCUT2D eigenvalue weighted by molar-refractivity contribution is 0.0992. The first-order valence-electron chi connectivity index (χ1n) is 7.73. The number of benzene rings is 2. The Bertz CT molecular complexity index is 882. The van der Waals surface area contributed by atoms with E-state index in [9.17, 15) is 4.79 Å². The largest absolute Gasteiger partial charge is 0.324 e. The fraction of sp³-hybridized carbons (Fsp3) is 0.105. The van der Waals surface area contributed by atoms with E-state index in [1.165, 1.54) is 12.4 Å². The Hall–Kier alpha value is -2.73. The van der Waals surface area contributed by atoms with Crippen LogP contribution in [0.3, 0.4) is 0 Å². The molecule has 1 amide bonds. The van der Waals surface area contributed by atoms with E-state index in [1.807, 2.05) is 55.5 Å². The number of halogens is 1. The lowest BCUT2D eigenvalue weighted by Gasteiger charge is -2.17. The first-order chi connectivity index (χ1) is 12.0. The van der Waals surface area contributed by atoms with Crippen LogP contribution in [0.1, 0.15) is 15.9 Å². The number of rotatable bonds is 4. The van der Waals surface area contributed by atoms with Crippen molar-refractivity contribution in [2.75, 3.05) is 17.3 Å². The van der Waals surface area contributed by atoms with Crippen molar-refractivity contribution in [3.05, 3.63) is 76.5 Å². The van der Waals surface area contributed by atoms with Gasteiger partial charge in [-0.2, -0.15) is 0 Å². The van der Waals surface area contributed by atoms with Gasteiger partial charge in [0.15, 0.2) is 0 Å². The summed E-state index contributed by atoms with van der Waals surface area (Å²) in [5.74, 6) is 0.283. The average Bonchev–Trinajstić information content (AvgIpc) is 2.65. The van der Waals surface area contributed by atoms with Gasteiger partial charge in [0.1, 0.15) is 0 Å². The van der Waals surface area contributed by atoms with Crippen LogP contribution in [0.4, 0.5) is 17.3 Å². The molecule has 0 aliphatic heterocycles. The molecule has 0 bridgehead atoms. The van der Waals surface area contributed by atoms with Crippen molar-refractivity contribution in [3.63, 3.8) is 0 Å². The average molecular weight is 397 g/mol. The number of aryl methyl sites for hydroxylation is 1. The van der Waals surface area contributed by atoms with E-state index in [1.54, 1.807) is 11.9 Å². The highest BCUT2D eigenvalue weighted by Gasteiger charge is 2.14. The van der Waals surface area contributed by atoms with Crippen LogP contribution in [0.5, 0.6) is 0 Å². The normalized spacial score (nSPS) is 10.4. The van der Waals surface area contributed by atoms with Gasteiger partial charge in [0.25, 0.3) is 5.91 Å². The molecule has 0 saturated heterocycles. The number of amides is 1. The molecule has 0 fully saturated rings. The lowest BCUT2D eigenvalue weighted by Crippen LogP contribution is -2.26. The number of nitrogens with one attached hydrogen (secondary N) is 1. The van der Waals surface area contributed by atoms with Gasteiger partial charge in [-0.05, 0) is 36.8 Å². The fourth-order valence-electron chi connectivity index (χ4n) is 2.27. The number of carbonyl (C=O) groups excluding carboxylic acids is 1. The predicted octanol–water partition coefficient (Wildman–Crippen LogP) is 4.57. The zero-order valence-electron chi connectivity index (χ0n) is 13.9. The zero-order chi connectivity index (χ0) is 17.8. The molecule has 1 N–H and O–H groups in total. The second kappa shape index (κ2) is 7.44. The predicted molar refractivity (Wildman–Crippen MR) is 103 cm³/mol. The number of nitrogens with zero attached hydrogens (tertiary/aromatic N) is 3. The van der Waals surface area contributed by atoms with Crippen LogP contribution in [0, 0.1) is 6.92 Å². The quantitative estimate of drug-likeness (QED) is 0.701. The molecule has 6 heteroatoms. The van der Waals surface area contributed by atoms with Crippen molar-refractivity contribution < 1.29 is 4.79 Å². The van der Waals surface area contributed by atoms with Gasteiger partial charge in [0.2, 0.25) is 5.95 Å². The SMILES string of the molecule is Cc1ccc(Nc2ncc(C(=O)N(C)c3ccccc3)cn2)cc1Br. The highest BCUT2D eigenvalue weighted by atomic mass is 79.9. The zero-order valence-corrected chi connectivity index (χ0v) is 15.5. The van der Waals surface area contributed by atoms with Crippen LogP contribution >= 0.6 is 15.9 Å². The summed E-state index contributed by atoms with van der Waals surface area (Å²) >= 11 is 3.50. The molecule has 0 radical (unpaired) electrons. The monoisotopic (exact) mass is 396 g/mol. The van der Waals surface area contributed by atoms with Gasteiger partial charge in [-0.25, -0.2) is 9.97 Å². The molecule has 2 aromatic carbocycles. The van der Waals surface area contributed by atoms with Crippen LogP contribution in [-0.2, 0) is 0 Å². The fourth-order valence-corrected chi connectivity index (χ4v) is 2.64. The first kappa shape index (κ1) is 17.1. The Labute approximate surface area is 154 Å². The number of para-hydroxylation sites is 1. The minimum Gasteiger partial charge on any atom is -0.324 e. The molecule has 0 spiro atoms. The van der Waals surface area contributed by atoms with E-state index in [0.717, 1.165) is 21.4 Å². The van der Waals surface area contributed by atoms with E-state index in [2.05, 4.69) is 31.2 Å². The summed E-state index contributed by atoms with van der Waals surface area (Å²) in [5, 5.41) is 3.12. The van der Waals surface area contributed by atoms with Crippen molar-refractivity contribution in [2.45, 2.75) is 6.92 Å². The lowest BCUT2D eigenvalue weighted by atomic mass is 10.2. The van der Waals surface area contributed by atoms with Crippen LogP contribution < -0.4 is 10.2 Å². The van der Waals surface area contributed by atoms with Gasteiger partial charge in [-0.15, -0.1) is 0 Å². The summed E-state index contributed by atoms with van der Waals surface area (Å²) in [7, 11) is 1.73. The Balaban J connectivity index is 1.73. The maximum atomic E-state index is 12.5. The van der Waals surface area contributed by atoms with Crippen molar-refractivity contribution in [3.8, 4) is 0 Å². The van der Waals surface area contributed by atoms with Crippen molar-refractivity contribution in [1.29, 1.82) is 0 Å². The molecule has 25 heavy (non-hydrogen) atoms. The molecule has 1 heterocycles. The van der Waals surface area contributed by atoms with E-state index in [-0.39, 0.29) is 5.91 Å². The van der Waals surface area contributed by atoms with Crippen molar-refractivity contribution in [2.24, 2.45) is 0 Å². The van der Waals surface area contributed by atoms with Gasteiger partial charge >= 0.3 is 0 Å². The molecule has 1 aromatic heterocycles. The van der Waals surface area contributed by atoms with Gasteiger partial charge < -0.3 is 10.2 Å². The standard InChI is InChI=1S/C19H17BrN4O/c1-13-8-9-15(10-17(13)20)23-19-21-11-14(12-22-19)18(25)24(2)16-6-4-3-5-7-16/h3-12H,1-2H3,(H,21,22,23). The molecule has 0 unspecified atom stereocenters. The van der Waals surface area contributed by atoms with E-state index >= 15 is 0 Å². The maximum absolute atomic E-state index is 12.5. The molecule has 5 nitrogen and oxygen atoms in total. The number of hydrogen-bond acceptors (Lipinski definition) is 4. The Morgan fingerprint density at radius 3 is 2.40 bits per heavy atom. The van der Waals surface area contributed by atoms with Crippen molar-refractivity contribution in [1.82, 2.24) is 9.97 Å². The Kier molecular flexibility index (Phi) is 5.09. The number of carbonyl (C=O) groups is 1. The summed E-state index contributed by atoms with van der Waals surface area (Å²) in [4.78, 5) is 22.6. The highest BCUT2D eigenvalue weighted by molar-refractivity contribution is 9.10. The molecule has 126 valence electrons. The summed E-state index contributed by atoms with van der Waals surface area (Å²) in [6.45, 7) is 2.02. The molecular formula is C19H17BrN4O. The summed E-state index contributed by atoms with van der Waals surface area (Å²) < 4.78 is 1.01. The third kappa shape index (κ3) is 4.03. The molecule has 0 atom stereocenters. The second-order valence-corrected chi connectivity index (χ2v) is 6.44. The molecule has 0 aliphatic carbocycles. The van der Waals surface area contributed by atoms with Crippen molar-refractivity contribution >= 4 is 39.2 Å². The number of anilines is 3. The first-order valence-corrected chi connectivity index (χ1v) is 8.52. The maximum Gasteiger partial charge on any atom is 0.261 e. The third-order valence-electron chi connectivity index (χ3n) is 3.77. The highest BCUT2D eigenvalue weighted by Crippen LogP contribution is 2.22. The smallest absolute Gasteiger partial charge is 0.261 e. The van der Waals surface area contributed by atoms with Gasteiger partial charge in [0.05, 0.1) is 5.56 Å².